The van der Waals surface area contributed by atoms with E-state index in [9.17, 15) is 4.79 Å². The van der Waals surface area contributed by atoms with Gasteiger partial charge in [-0.25, -0.2) is 9.97 Å². The number of aromatic nitrogens is 2. The zero-order chi connectivity index (χ0) is 16.9. The number of nitrogens with zero attached hydrogens (tertiary/aromatic N) is 2. The highest BCUT2D eigenvalue weighted by Gasteiger charge is 2.15. The maximum Gasteiger partial charge on any atom is 0.230 e. The molecule has 0 aromatic carbocycles. The van der Waals surface area contributed by atoms with Crippen LogP contribution in [0.25, 0.3) is 10.2 Å². The van der Waals surface area contributed by atoms with E-state index >= 15 is 0 Å². The number of fused-ring (bicyclic) bond motifs is 1. The molecule has 1 amide bonds. The molecule has 2 aromatic heterocycles. The molecule has 1 saturated heterocycles. The van der Waals surface area contributed by atoms with Crippen LogP contribution in [0.2, 0.25) is 0 Å². The third kappa shape index (κ3) is 4.26. The van der Waals surface area contributed by atoms with Gasteiger partial charge in [-0.15, -0.1) is 11.3 Å². The van der Waals surface area contributed by atoms with Crippen LogP contribution in [-0.2, 0) is 4.79 Å². The first kappa shape index (κ1) is 17.6. The Morgan fingerprint density at radius 3 is 3.12 bits per heavy atom. The van der Waals surface area contributed by atoms with E-state index in [1.54, 1.807) is 17.7 Å². The number of hydrogen-bond acceptors (Lipinski definition) is 6. The monoisotopic (exact) mass is 364 g/mol. The molecular weight excluding hydrogens is 340 g/mol. The molecule has 7 heteroatoms. The van der Waals surface area contributed by atoms with Crippen LogP contribution in [0.1, 0.15) is 29.7 Å². The Kier molecular flexibility index (Phi) is 6.08. The second-order valence-corrected chi connectivity index (χ2v) is 8.45. The molecule has 5 nitrogen and oxygen atoms in total. The minimum Gasteiger partial charge on any atom is -0.355 e. The average Bonchev–Trinajstić information content (AvgIpc) is 2.89. The third-order valence-electron chi connectivity index (χ3n) is 4.54. The Balaban J connectivity index is 1.49. The Labute approximate surface area is 151 Å². The second kappa shape index (κ2) is 8.27. The number of aryl methyl sites for hydroxylation is 2. The average molecular weight is 365 g/mol. The van der Waals surface area contributed by atoms with E-state index in [2.05, 4.69) is 34.4 Å². The van der Waals surface area contributed by atoms with Gasteiger partial charge in [-0.1, -0.05) is 11.8 Å². The number of carbonyl (C=O) groups excluding carboxylic acids is 1. The molecule has 0 spiro atoms. The molecule has 24 heavy (non-hydrogen) atoms. The Bertz CT molecular complexity index is 710. The quantitative estimate of drug-likeness (QED) is 0.609. The minimum absolute atomic E-state index is 0.0835. The predicted octanol–water partition coefficient (Wildman–Crippen LogP) is 2.91. The molecule has 0 bridgehead atoms. The number of rotatable bonds is 6. The molecule has 1 atom stereocenters. The molecule has 1 unspecified atom stereocenters. The maximum atomic E-state index is 12.1. The molecular formula is C17H24N4OS2. The Morgan fingerprint density at radius 2 is 2.33 bits per heavy atom. The van der Waals surface area contributed by atoms with Gasteiger partial charge in [0.25, 0.3) is 0 Å². The first-order valence-electron chi connectivity index (χ1n) is 8.46. The first-order chi connectivity index (χ1) is 11.6. The molecule has 2 N–H and O–H groups in total. The molecule has 0 aliphatic carbocycles. The lowest BCUT2D eigenvalue weighted by Gasteiger charge is -2.22. The number of thioether (sulfide) groups is 1. The summed E-state index contributed by atoms with van der Waals surface area (Å²) in [6, 6.07) is 0. The SMILES string of the molecule is Cc1sc2ncnc(SCC(=O)NCCC3CCCNC3)c2c1C. The van der Waals surface area contributed by atoms with Crippen LogP contribution < -0.4 is 10.6 Å². The number of thiophene rings is 1. The van der Waals surface area contributed by atoms with Gasteiger partial charge in [0, 0.05) is 16.8 Å². The maximum absolute atomic E-state index is 12.1. The Hall–Kier alpha value is -1.18. The molecule has 3 heterocycles. The van der Waals surface area contributed by atoms with Crippen molar-refractivity contribution in [2.24, 2.45) is 5.92 Å². The highest BCUT2D eigenvalue weighted by molar-refractivity contribution is 8.00. The zero-order valence-corrected chi connectivity index (χ0v) is 15.9. The molecule has 0 radical (unpaired) electrons. The van der Waals surface area contributed by atoms with Gasteiger partial charge in [-0.2, -0.15) is 0 Å². The summed E-state index contributed by atoms with van der Waals surface area (Å²) in [5.74, 6) is 1.19. The van der Waals surface area contributed by atoms with Crippen LogP contribution in [0.15, 0.2) is 11.4 Å². The first-order valence-corrected chi connectivity index (χ1v) is 10.3. The summed E-state index contributed by atoms with van der Waals surface area (Å²) < 4.78 is 0. The molecule has 130 valence electrons. The van der Waals surface area contributed by atoms with Crippen molar-refractivity contribution in [2.75, 3.05) is 25.4 Å². The van der Waals surface area contributed by atoms with Crippen molar-refractivity contribution in [1.82, 2.24) is 20.6 Å². The molecule has 1 fully saturated rings. The van der Waals surface area contributed by atoms with Gasteiger partial charge in [0.15, 0.2) is 0 Å². The largest absolute Gasteiger partial charge is 0.355 e. The van der Waals surface area contributed by atoms with Crippen LogP contribution in [0.3, 0.4) is 0 Å². The summed E-state index contributed by atoms with van der Waals surface area (Å²) >= 11 is 3.19. The fourth-order valence-corrected chi connectivity index (χ4v) is 4.98. The van der Waals surface area contributed by atoms with Gasteiger partial charge in [0.05, 0.1) is 5.75 Å². The van der Waals surface area contributed by atoms with Crippen molar-refractivity contribution in [2.45, 2.75) is 38.1 Å². The lowest BCUT2D eigenvalue weighted by atomic mass is 9.96. The molecule has 1 aliphatic rings. The van der Waals surface area contributed by atoms with Crippen molar-refractivity contribution < 1.29 is 4.79 Å². The topological polar surface area (TPSA) is 66.9 Å². The lowest BCUT2D eigenvalue weighted by Crippen LogP contribution is -2.33. The Morgan fingerprint density at radius 1 is 1.46 bits per heavy atom. The van der Waals surface area contributed by atoms with Crippen LogP contribution in [0, 0.1) is 19.8 Å². The summed E-state index contributed by atoms with van der Waals surface area (Å²) in [6.07, 6.45) is 5.17. The minimum atomic E-state index is 0.0835. The van der Waals surface area contributed by atoms with E-state index < -0.39 is 0 Å². The van der Waals surface area contributed by atoms with E-state index in [0.717, 1.165) is 41.3 Å². The molecule has 2 aromatic rings. The van der Waals surface area contributed by atoms with E-state index in [4.69, 9.17) is 0 Å². The number of amides is 1. The molecule has 1 aliphatic heterocycles. The number of nitrogens with one attached hydrogen (secondary N) is 2. The smallest absolute Gasteiger partial charge is 0.230 e. The van der Waals surface area contributed by atoms with Crippen LogP contribution in [0.4, 0.5) is 0 Å². The van der Waals surface area contributed by atoms with Crippen molar-refractivity contribution >= 4 is 39.2 Å². The van der Waals surface area contributed by atoms with Gasteiger partial charge >= 0.3 is 0 Å². The van der Waals surface area contributed by atoms with Crippen LogP contribution in [-0.4, -0.2) is 41.3 Å². The fourth-order valence-electron chi connectivity index (χ4n) is 3.03. The lowest BCUT2D eigenvalue weighted by molar-refractivity contribution is -0.118. The number of hydrogen-bond donors (Lipinski definition) is 2. The summed E-state index contributed by atoms with van der Waals surface area (Å²) in [6.45, 7) is 7.18. The van der Waals surface area contributed by atoms with Crippen molar-refractivity contribution in [3.8, 4) is 0 Å². The van der Waals surface area contributed by atoms with E-state index in [0.29, 0.717) is 11.7 Å². The number of carbonyl (C=O) groups is 1. The van der Waals surface area contributed by atoms with E-state index in [1.807, 2.05) is 0 Å². The highest BCUT2D eigenvalue weighted by Crippen LogP contribution is 2.34. The van der Waals surface area contributed by atoms with Crippen molar-refractivity contribution in [1.29, 1.82) is 0 Å². The molecule has 3 rings (SSSR count). The van der Waals surface area contributed by atoms with Gasteiger partial charge < -0.3 is 10.6 Å². The van der Waals surface area contributed by atoms with Crippen molar-refractivity contribution in [3.63, 3.8) is 0 Å². The second-order valence-electron chi connectivity index (χ2n) is 6.28. The normalized spacial score (nSPS) is 18.0. The van der Waals surface area contributed by atoms with Gasteiger partial charge in [0.2, 0.25) is 5.91 Å². The van der Waals surface area contributed by atoms with Crippen LogP contribution >= 0.6 is 23.1 Å². The van der Waals surface area contributed by atoms with Gasteiger partial charge in [-0.05, 0) is 57.7 Å². The van der Waals surface area contributed by atoms with E-state index in [1.165, 1.54) is 35.0 Å². The standard InChI is InChI=1S/C17H24N4OS2/c1-11-12(2)24-17-15(11)16(20-10-21-17)23-9-14(22)19-7-5-13-4-3-6-18-8-13/h10,13,18H,3-9H2,1-2H3,(H,19,22). The third-order valence-corrected chi connectivity index (χ3v) is 6.65. The van der Waals surface area contributed by atoms with Crippen molar-refractivity contribution in [3.05, 3.63) is 16.8 Å². The summed E-state index contributed by atoms with van der Waals surface area (Å²) in [7, 11) is 0. The summed E-state index contributed by atoms with van der Waals surface area (Å²) in [4.78, 5) is 23.1. The summed E-state index contributed by atoms with van der Waals surface area (Å²) in [5, 5.41) is 8.47. The molecule has 0 saturated carbocycles. The predicted molar refractivity (Wildman–Crippen MR) is 101 cm³/mol. The van der Waals surface area contributed by atoms with Crippen LogP contribution in [0.5, 0.6) is 0 Å². The summed E-state index contributed by atoms with van der Waals surface area (Å²) in [5.41, 5.74) is 1.23. The van der Waals surface area contributed by atoms with Gasteiger partial charge in [-0.3, -0.25) is 4.79 Å². The van der Waals surface area contributed by atoms with Gasteiger partial charge in [0.1, 0.15) is 16.2 Å². The fraction of sp³-hybridized carbons (Fsp3) is 0.588. The van der Waals surface area contributed by atoms with E-state index in [-0.39, 0.29) is 5.91 Å². The zero-order valence-electron chi connectivity index (χ0n) is 14.2. The number of piperidine rings is 1. The highest BCUT2D eigenvalue weighted by atomic mass is 32.2.